The molecule has 0 aliphatic heterocycles. The van der Waals surface area contributed by atoms with Crippen LogP contribution in [-0.4, -0.2) is 40.2 Å². The average molecular weight is 259 g/mol. The van der Waals surface area contributed by atoms with Gasteiger partial charge in [-0.2, -0.15) is 0 Å². The molecule has 0 spiro atoms. The predicted molar refractivity (Wildman–Crippen MR) is 64.8 cm³/mol. The van der Waals surface area contributed by atoms with Crippen molar-refractivity contribution >= 4 is 38.4 Å². The molecule has 84 valence electrons. The first-order valence-corrected chi connectivity index (χ1v) is 6.74. The number of carbonyl (C=O) groups is 1. The van der Waals surface area contributed by atoms with Crippen molar-refractivity contribution in [1.29, 1.82) is 0 Å². The van der Waals surface area contributed by atoms with Crippen LogP contribution in [0, 0.1) is 0 Å². The molecule has 0 saturated heterocycles. The van der Waals surface area contributed by atoms with Crippen molar-refractivity contribution in [3.05, 3.63) is 12.2 Å². The van der Waals surface area contributed by atoms with Crippen LogP contribution in [0.2, 0.25) is 0 Å². The molecular weight excluding hydrogens is 244 g/mol. The highest BCUT2D eigenvalue weighted by atomic mass is 35.5. The number of carbonyl (C=O) groups excluding carboxylic acids is 1. The Morgan fingerprint density at radius 1 is 1.29 bits per heavy atom. The lowest BCUT2D eigenvalue weighted by Gasteiger charge is -1.93. The Morgan fingerprint density at radius 3 is 1.71 bits per heavy atom. The highest BCUT2D eigenvalue weighted by Gasteiger charge is 1.89. The minimum Gasteiger partial charge on any atom is -0.395 e. The van der Waals surface area contributed by atoms with Crippen molar-refractivity contribution in [2.24, 2.45) is 0 Å². The van der Waals surface area contributed by atoms with Gasteiger partial charge in [0.05, 0.1) is 13.2 Å². The summed E-state index contributed by atoms with van der Waals surface area (Å²) in [7, 11) is 3.17. The largest absolute Gasteiger partial charge is 0.395 e. The topological polar surface area (TPSA) is 57.5 Å². The zero-order chi connectivity index (χ0) is 11.4. The molecule has 0 aliphatic rings. The van der Waals surface area contributed by atoms with Crippen LogP contribution in [-0.2, 0) is 4.79 Å². The monoisotopic (exact) mass is 258 g/mol. The van der Waals surface area contributed by atoms with Crippen molar-refractivity contribution in [3.8, 4) is 0 Å². The van der Waals surface area contributed by atoms with E-state index in [1.165, 1.54) is 0 Å². The van der Waals surface area contributed by atoms with Gasteiger partial charge in [-0.1, -0.05) is 28.2 Å². The molecule has 2 N–H and O–H groups in total. The van der Waals surface area contributed by atoms with Gasteiger partial charge in [-0.25, -0.2) is 0 Å². The van der Waals surface area contributed by atoms with E-state index in [1.54, 1.807) is 28.5 Å². The van der Waals surface area contributed by atoms with E-state index in [1.807, 2.05) is 0 Å². The Kier molecular flexibility index (Phi) is 15.9. The summed E-state index contributed by atoms with van der Waals surface area (Å²) in [6, 6.07) is 0. The molecule has 0 atom stereocenters. The quantitative estimate of drug-likeness (QED) is 0.329. The van der Waals surface area contributed by atoms with Crippen LogP contribution in [0.5, 0.6) is 0 Å². The summed E-state index contributed by atoms with van der Waals surface area (Å²) >= 11 is 4.87. The molecule has 0 radical (unpaired) electrons. The lowest BCUT2D eigenvalue weighted by atomic mass is 10.4. The number of aliphatic hydroxyl groups is 2. The lowest BCUT2D eigenvalue weighted by Crippen LogP contribution is -1.85. The summed E-state index contributed by atoms with van der Waals surface area (Å²) in [5.74, 6) is 1.51. The molecule has 0 aromatic rings. The molecule has 0 aromatic heterocycles. The van der Waals surface area contributed by atoms with E-state index >= 15 is 0 Å². The molecule has 0 aromatic carbocycles. The van der Waals surface area contributed by atoms with Crippen molar-refractivity contribution in [2.45, 2.75) is 6.92 Å². The van der Waals surface area contributed by atoms with Crippen LogP contribution < -0.4 is 0 Å². The third-order valence-corrected chi connectivity index (χ3v) is 3.46. The van der Waals surface area contributed by atoms with Gasteiger partial charge in [-0.05, 0) is 18.5 Å². The standard InChI is InChI=1S/C4H5ClO.C4H10O2S2/c1-3(2)4(5)6;5-1-3-7-8-4-2-6/h1H2,2H3;5-6H,1-4H2. The van der Waals surface area contributed by atoms with Crippen molar-refractivity contribution in [2.75, 3.05) is 24.7 Å². The summed E-state index contributed by atoms with van der Waals surface area (Å²) in [5.41, 5.74) is 0.386. The molecule has 6 heteroatoms. The molecule has 0 amide bonds. The second-order valence-corrected chi connectivity index (χ2v) is 5.19. The van der Waals surface area contributed by atoms with Crippen molar-refractivity contribution in [1.82, 2.24) is 0 Å². The number of rotatable bonds is 6. The fraction of sp³-hybridized carbons (Fsp3) is 0.625. The molecule has 0 unspecified atom stereocenters. The van der Waals surface area contributed by atoms with Gasteiger partial charge in [0, 0.05) is 17.1 Å². The molecule has 14 heavy (non-hydrogen) atoms. The second-order valence-electron chi connectivity index (χ2n) is 2.15. The number of hydrogen-bond donors (Lipinski definition) is 2. The van der Waals surface area contributed by atoms with Gasteiger partial charge >= 0.3 is 0 Å². The smallest absolute Gasteiger partial charge is 0.247 e. The van der Waals surface area contributed by atoms with E-state index in [9.17, 15) is 4.79 Å². The van der Waals surface area contributed by atoms with Gasteiger partial charge in [0.15, 0.2) is 0 Å². The van der Waals surface area contributed by atoms with E-state index < -0.39 is 5.24 Å². The third kappa shape index (κ3) is 18.2. The zero-order valence-electron chi connectivity index (χ0n) is 8.03. The third-order valence-electron chi connectivity index (χ3n) is 0.768. The van der Waals surface area contributed by atoms with Gasteiger partial charge in [0.2, 0.25) is 5.24 Å². The Balaban J connectivity index is 0. The summed E-state index contributed by atoms with van der Waals surface area (Å²) in [5, 5.41) is 16.1. The molecule has 0 fully saturated rings. The summed E-state index contributed by atoms with van der Waals surface area (Å²) in [6.07, 6.45) is 0. The van der Waals surface area contributed by atoms with E-state index in [0.717, 1.165) is 11.5 Å². The molecule has 0 saturated carbocycles. The normalized spacial score (nSPS) is 8.86. The summed E-state index contributed by atoms with van der Waals surface area (Å²) in [4.78, 5) is 9.81. The van der Waals surface area contributed by atoms with Crippen LogP contribution in [0.4, 0.5) is 0 Å². The molecular formula is C8H15ClO3S2. The number of hydrogen-bond acceptors (Lipinski definition) is 5. The maximum absolute atomic E-state index is 9.81. The first-order valence-electron chi connectivity index (χ1n) is 3.87. The molecule has 3 nitrogen and oxygen atoms in total. The molecule has 0 heterocycles. The van der Waals surface area contributed by atoms with E-state index in [4.69, 9.17) is 21.8 Å². The van der Waals surface area contributed by atoms with Gasteiger partial charge in [-0.15, -0.1) is 0 Å². The van der Waals surface area contributed by atoms with E-state index in [-0.39, 0.29) is 13.2 Å². The Morgan fingerprint density at radius 2 is 1.57 bits per heavy atom. The van der Waals surface area contributed by atoms with Gasteiger partial charge in [0.25, 0.3) is 0 Å². The number of allylic oxidation sites excluding steroid dienone is 1. The SMILES string of the molecule is C=C(C)C(=O)Cl.OCCSSCCO. The highest BCUT2D eigenvalue weighted by Crippen LogP contribution is 2.18. The number of aliphatic hydroxyl groups excluding tert-OH is 2. The van der Waals surface area contributed by atoms with Crippen molar-refractivity contribution in [3.63, 3.8) is 0 Å². The van der Waals surface area contributed by atoms with Gasteiger partial charge in [0.1, 0.15) is 0 Å². The first kappa shape index (κ1) is 16.7. The number of halogens is 1. The Bertz CT molecular complexity index is 147. The zero-order valence-corrected chi connectivity index (χ0v) is 10.4. The summed E-state index contributed by atoms with van der Waals surface area (Å²) in [6.45, 7) is 5.29. The van der Waals surface area contributed by atoms with Gasteiger partial charge < -0.3 is 10.2 Å². The maximum Gasteiger partial charge on any atom is 0.247 e. The maximum atomic E-state index is 9.81. The van der Waals surface area contributed by atoms with E-state index in [0.29, 0.717) is 5.57 Å². The van der Waals surface area contributed by atoms with E-state index in [2.05, 4.69) is 6.58 Å². The predicted octanol–water partition coefficient (Wildman–Crippen LogP) is 1.68. The first-order chi connectivity index (χ1) is 6.56. The lowest BCUT2D eigenvalue weighted by molar-refractivity contribution is -0.108. The second kappa shape index (κ2) is 13.3. The fourth-order valence-corrected chi connectivity index (χ4v) is 1.73. The van der Waals surface area contributed by atoms with Crippen LogP contribution in [0.25, 0.3) is 0 Å². The van der Waals surface area contributed by atoms with Crippen LogP contribution in [0.3, 0.4) is 0 Å². The molecule has 0 aliphatic carbocycles. The minimum atomic E-state index is -0.463. The van der Waals surface area contributed by atoms with Crippen LogP contribution in [0.1, 0.15) is 6.92 Å². The van der Waals surface area contributed by atoms with Crippen molar-refractivity contribution < 1.29 is 15.0 Å². The summed E-state index contributed by atoms with van der Waals surface area (Å²) < 4.78 is 0. The minimum absolute atomic E-state index is 0.225. The molecule has 0 bridgehead atoms. The average Bonchev–Trinajstić information content (AvgIpc) is 2.13. The van der Waals surface area contributed by atoms with Crippen LogP contribution >= 0.6 is 33.2 Å². The Labute approximate surface area is 97.3 Å². The van der Waals surface area contributed by atoms with Gasteiger partial charge in [-0.3, -0.25) is 4.79 Å². The fourth-order valence-electron chi connectivity index (χ4n) is 0.192. The molecule has 0 rings (SSSR count). The highest BCUT2D eigenvalue weighted by molar-refractivity contribution is 8.76. The Hall–Kier alpha value is 0.320. The van der Waals surface area contributed by atoms with Crippen LogP contribution in [0.15, 0.2) is 12.2 Å².